The number of hydrogen-bond acceptors (Lipinski definition) is 2. The van der Waals surface area contributed by atoms with Crippen molar-refractivity contribution in [2.24, 2.45) is 0 Å². The fraction of sp³-hybridized carbons (Fsp3) is 0.167. The molecule has 2 aromatic rings. The first-order valence-corrected chi connectivity index (χ1v) is 5.63. The van der Waals surface area contributed by atoms with Crippen molar-refractivity contribution < 1.29 is 4.79 Å². The molecule has 0 aliphatic heterocycles. The van der Waals surface area contributed by atoms with Crippen molar-refractivity contribution in [3.63, 3.8) is 0 Å². The van der Waals surface area contributed by atoms with Crippen LogP contribution in [0.2, 0.25) is 0 Å². The van der Waals surface area contributed by atoms with Crippen molar-refractivity contribution in [3.8, 4) is 0 Å². The van der Waals surface area contributed by atoms with Crippen LogP contribution in [0, 0.1) is 0 Å². The molecule has 0 saturated heterocycles. The van der Waals surface area contributed by atoms with Gasteiger partial charge in [0.2, 0.25) is 0 Å². The number of hydrogen-bond donors (Lipinski definition) is 0. The Morgan fingerprint density at radius 2 is 2.13 bits per heavy atom. The normalized spacial score (nSPS) is 12.7. The molecule has 0 bridgehead atoms. The van der Waals surface area contributed by atoms with E-state index in [4.69, 9.17) is 0 Å². The SMILES string of the molecule is CC(Br)C(=O)c1cnc2ccccc2c1. The Balaban J connectivity index is 2.52. The smallest absolute Gasteiger partial charge is 0.177 e. The Hall–Kier alpha value is -1.22. The van der Waals surface area contributed by atoms with Gasteiger partial charge in [-0.2, -0.15) is 0 Å². The summed E-state index contributed by atoms with van der Waals surface area (Å²) in [5.41, 5.74) is 1.56. The van der Waals surface area contributed by atoms with Crippen LogP contribution in [0.15, 0.2) is 36.5 Å². The lowest BCUT2D eigenvalue weighted by Gasteiger charge is -2.03. The molecular weight excluding hydrogens is 254 g/mol. The van der Waals surface area contributed by atoms with Gasteiger partial charge in [0.15, 0.2) is 5.78 Å². The van der Waals surface area contributed by atoms with E-state index in [0.29, 0.717) is 5.56 Å². The highest BCUT2D eigenvalue weighted by atomic mass is 79.9. The summed E-state index contributed by atoms with van der Waals surface area (Å²) in [6, 6.07) is 9.64. The van der Waals surface area contributed by atoms with Crippen molar-refractivity contribution in [2.75, 3.05) is 0 Å². The van der Waals surface area contributed by atoms with Crippen LogP contribution < -0.4 is 0 Å². The molecular formula is C12H10BrNO. The second kappa shape index (κ2) is 4.11. The third kappa shape index (κ3) is 2.07. The number of carbonyl (C=O) groups is 1. The predicted molar refractivity (Wildman–Crippen MR) is 64.5 cm³/mol. The molecule has 0 radical (unpaired) electrons. The van der Waals surface area contributed by atoms with Crippen molar-refractivity contribution in [2.45, 2.75) is 11.8 Å². The number of Topliss-reactive ketones (excluding diaryl/α,β-unsaturated/α-hetero) is 1. The van der Waals surface area contributed by atoms with Crippen molar-refractivity contribution >= 4 is 32.6 Å². The summed E-state index contributed by atoms with van der Waals surface area (Å²) < 4.78 is 0. The van der Waals surface area contributed by atoms with E-state index in [2.05, 4.69) is 20.9 Å². The van der Waals surface area contributed by atoms with Gasteiger partial charge in [-0.15, -0.1) is 0 Å². The van der Waals surface area contributed by atoms with Crippen LogP contribution in [0.5, 0.6) is 0 Å². The maximum Gasteiger partial charge on any atom is 0.177 e. The zero-order valence-electron chi connectivity index (χ0n) is 8.27. The van der Waals surface area contributed by atoms with E-state index >= 15 is 0 Å². The average molecular weight is 264 g/mol. The first kappa shape index (κ1) is 10.3. The fourth-order valence-electron chi connectivity index (χ4n) is 1.44. The molecule has 0 aliphatic rings. The summed E-state index contributed by atoms with van der Waals surface area (Å²) in [6.45, 7) is 1.82. The second-order valence-corrected chi connectivity index (χ2v) is 4.77. The summed E-state index contributed by atoms with van der Waals surface area (Å²) in [5.74, 6) is 0.0632. The number of aromatic nitrogens is 1. The summed E-state index contributed by atoms with van der Waals surface area (Å²) in [4.78, 5) is 15.8. The number of para-hydroxylation sites is 1. The molecule has 0 N–H and O–H groups in total. The maximum atomic E-state index is 11.7. The van der Waals surface area contributed by atoms with Gasteiger partial charge in [0.25, 0.3) is 0 Å². The molecule has 0 saturated carbocycles. The summed E-state index contributed by atoms with van der Waals surface area (Å²) >= 11 is 3.26. The molecule has 3 heteroatoms. The molecule has 1 aromatic heterocycles. The van der Waals surface area contributed by atoms with Crippen LogP contribution in [0.4, 0.5) is 0 Å². The number of fused-ring (bicyclic) bond motifs is 1. The third-order valence-corrected chi connectivity index (χ3v) is 2.65. The molecule has 2 nitrogen and oxygen atoms in total. The number of carbonyl (C=O) groups excluding carboxylic acids is 1. The Morgan fingerprint density at radius 3 is 2.87 bits per heavy atom. The molecule has 0 spiro atoms. The molecule has 1 atom stereocenters. The highest BCUT2D eigenvalue weighted by molar-refractivity contribution is 9.10. The molecule has 0 amide bonds. The highest BCUT2D eigenvalue weighted by Crippen LogP contribution is 2.15. The quantitative estimate of drug-likeness (QED) is 0.615. The Kier molecular flexibility index (Phi) is 2.82. The standard InChI is InChI=1S/C12H10BrNO/c1-8(13)12(15)10-6-9-4-2-3-5-11(9)14-7-10/h2-8H,1H3. The van der Waals surface area contributed by atoms with E-state index in [1.54, 1.807) is 6.20 Å². The zero-order chi connectivity index (χ0) is 10.8. The first-order chi connectivity index (χ1) is 7.18. The van der Waals surface area contributed by atoms with Gasteiger partial charge in [-0.05, 0) is 19.1 Å². The zero-order valence-corrected chi connectivity index (χ0v) is 9.86. The molecule has 76 valence electrons. The monoisotopic (exact) mass is 263 g/mol. The van der Waals surface area contributed by atoms with Gasteiger partial charge in [-0.1, -0.05) is 34.1 Å². The van der Waals surface area contributed by atoms with Gasteiger partial charge in [0, 0.05) is 17.1 Å². The maximum absolute atomic E-state index is 11.7. The number of pyridine rings is 1. The summed E-state index contributed by atoms with van der Waals surface area (Å²) in [7, 11) is 0. The van der Waals surface area contributed by atoms with Crippen LogP contribution in [0.25, 0.3) is 10.9 Å². The van der Waals surface area contributed by atoms with E-state index in [-0.39, 0.29) is 10.6 Å². The molecule has 1 aromatic carbocycles. The van der Waals surface area contributed by atoms with Gasteiger partial charge in [0.1, 0.15) is 0 Å². The van der Waals surface area contributed by atoms with Gasteiger partial charge in [-0.3, -0.25) is 9.78 Å². The second-order valence-electron chi connectivity index (χ2n) is 3.40. The number of rotatable bonds is 2. The van der Waals surface area contributed by atoms with Crippen LogP contribution in [0.1, 0.15) is 17.3 Å². The van der Waals surface area contributed by atoms with Gasteiger partial charge in [0.05, 0.1) is 10.3 Å². The number of alkyl halides is 1. The summed E-state index contributed by atoms with van der Waals surface area (Å²) in [5, 5.41) is 0.997. The number of benzene rings is 1. The third-order valence-electron chi connectivity index (χ3n) is 2.24. The largest absolute Gasteiger partial charge is 0.293 e. The lowest BCUT2D eigenvalue weighted by atomic mass is 10.1. The number of halogens is 1. The first-order valence-electron chi connectivity index (χ1n) is 4.71. The van der Waals surface area contributed by atoms with Gasteiger partial charge < -0.3 is 0 Å². The van der Waals surface area contributed by atoms with Crippen molar-refractivity contribution in [1.29, 1.82) is 0 Å². The van der Waals surface area contributed by atoms with E-state index < -0.39 is 0 Å². The molecule has 1 heterocycles. The van der Waals surface area contributed by atoms with Crippen LogP contribution in [0.3, 0.4) is 0 Å². The van der Waals surface area contributed by atoms with Crippen LogP contribution in [-0.4, -0.2) is 15.6 Å². The fourth-order valence-corrected chi connectivity index (χ4v) is 1.70. The molecule has 0 fully saturated rings. The lowest BCUT2D eigenvalue weighted by molar-refractivity contribution is 0.0995. The highest BCUT2D eigenvalue weighted by Gasteiger charge is 2.12. The van der Waals surface area contributed by atoms with Gasteiger partial charge >= 0.3 is 0 Å². The topological polar surface area (TPSA) is 30.0 Å². The molecule has 0 aliphatic carbocycles. The van der Waals surface area contributed by atoms with Crippen molar-refractivity contribution in [1.82, 2.24) is 4.98 Å². The number of nitrogens with zero attached hydrogens (tertiary/aromatic N) is 1. The Bertz CT molecular complexity index is 508. The van der Waals surface area contributed by atoms with E-state index in [0.717, 1.165) is 10.9 Å². The van der Waals surface area contributed by atoms with Crippen LogP contribution >= 0.6 is 15.9 Å². The van der Waals surface area contributed by atoms with E-state index in [1.807, 2.05) is 37.3 Å². The average Bonchev–Trinajstić information content (AvgIpc) is 2.27. The van der Waals surface area contributed by atoms with Gasteiger partial charge in [-0.25, -0.2) is 0 Å². The van der Waals surface area contributed by atoms with Crippen LogP contribution in [-0.2, 0) is 0 Å². The lowest BCUT2D eigenvalue weighted by Crippen LogP contribution is -2.10. The van der Waals surface area contributed by atoms with E-state index in [9.17, 15) is 4.79 Å². The minimum atomic E-state index is -0.166. The number of ketones is 1. The molecule has 1 unspecified atom stereocenters. The van der Waals surface area contributed by atoms with E-state index in [1.165, 1.54) is 0 Å². The summed E-state index contributed by atoms with van der Waals surface area (Å²) in [6.07, 6.45) is 1.63. The molecule has 2 rings (SSSR count). The molecule has 15 heavy (non-hydrogen) atoms. The minimum absolute atomic E-state index is 0.0632. The predicted octanol–water partition coefficient (Wildman–Crippen LogP) is 3.20. The van der Waals surface area contributed by atoms with Crippen molar-refractivity contribution in [3.05, 3.63) is 42.1 Å². The minimum Gasteiger partial charge on any atom is -0.293 e. The Labute approximate surface area is 96.5 Å². The Morgan fingerprint density at radius 1 is 1.40 bits per heavy atom.